The van der Waals surface area contributed by atoms with Crippen molar-refractivity contribution in [3.05, 3.63) is 256 Å². The van der Waals surface area contributed by atoms with E-state index in [1.54, 1.807) is 102 Å². The number of sulfone groups is 1. The highest BCUT2D eigenvalue weighted by atomic mass is 32.2. The number of rotatable bonds is 28. The summed E-state index contributed by atoms with van der Waals surface area (Å²) in [5, 5.41) is 22.8. The molecule has 0 fully saturated rings. The summed E-state index contributed by atoms with van der Waals surface area (Å²) in [4.78, 5) is 111. The molecule has 25 nitrogen and oxygen atoms in total. The number of hydrogen-bond acceptors (Lipinski definition) is 31. The number of nitrogens with one attached hydrogen (secondary N) is 2. The van der Waals surface area contributed by atoms with Gasteiger partial charge in [-0.1, -0.05) is 19.1 Å². The number of hydrogen-bond donors (Lipinski definition) is 3. The molecular weight excluding hydrogens is 1470 g/mol. The van der Waals surface area contributed by atoms with Crippen LogP contribution in [0.25, 0.3) is 0 Å². The molecule has 0 aromatic carbocycles. The van der Waals surface area contributed by atoms with E-state index in [0.29, 0.717) is 35.6 Å². The van der Waals surface area contributed by atoms with Gasteiger partial charge in [0.2, 0.25) is 17.5 Å². The number of furan rings is 1. The molecule has 3 N–H and O–H groups in total. The number of thiophene rings is 4. The second kappa shape index (κ2) is 43.2. The first-order valence-corrected chi connectivity index (χ1v) is 38.5. The summed E-state index contributed by atoms with van der Waals surface area (Å²) < 4.78 is 29.0. The van der Waals surface area contributed by atoms with E-state index in [-0.39, 0.29) is 60.0 Å². The van der Waals surface area contributed by atoms with Crippen LogP contribution < -0.4 is 20.4 Å². The molecular formula is C73H78N16O9S7. The molecule has 0 radical (unpaired) electrons. The minimum atomic E-state index is -3.65. The number of Topliss-reactive ketones (excluding diaryl/α,β-unsaturated/α-hetero) is 5. The molecule has 546 valence electrons. The Bertz CT molecular complexity index is 4670. The average molecular weight is 1550 g/mol. The maximum absolute atomic E-state index is 12.2. The lowest BCUT2D eigenvalue weighted by atomic mass is 10.2. The smallest absolute Gasteiger partial charge is 0.226 e. The fourth-order valence-corrected chi connectivity index (χ4v) is 14.4. The number of aliphatic hydroxyl groups is 1. The molecule has 0 unspecified atom stereocenters. The van der Waals surface area contributed by atoms with Crippen LogP contribution in [0.1, 0.15) is 96.9 Å². The third-order valence-corrected chi connectivity index (χ3v) is 21.5. The number of likely N-dealkylation sites (N-methyl/N-ethyl adjacent to an activating group) is 2. The van der Waals surface area contributed by atoms with Crippen molar-refractivity contribution >= 4 is 136 Å². The maximum atomic E-state index is 12.2. The highest BCUT2D eigenvalue weighted by molar-refractivity contribution is 7.92. The van der Waals surface area contributed by atoms with Crippen molar-refractivity contribution in [2.75, 3.05) is 85.7 Å². The number of aromatic nitrogens is 11. The molecule has 0 saturated carbocycles. The Morgan fingerprint density at radius 2 is 1.08 bits per heavy atom. The molecule has 0 bridgehead atoms. The number of aliphatic hydroxyl groups excluding tert-OH is 1. The van der Waals surface area contributed by atoms with Gasteiger partial charge in [-0.25, -0.2) is 38.3 Å². The second-order valence-electron chi connectivity index (χ2n) is 22.5. The summed E-state index contributed by atoms with van der Waals surface area (Å²) in [5.41, 5.74) is 3.10. The summed E-state index contributed by atoms with van der Waals surface area (Å²) in [5.74, 6) is 0.781. The second-order valence-corrected chi connectivity index (χ2v) is 31.4. The largest absolute Gasteiger partial charge is 0.458 e. The summed E-state index contributed by atoms with van der Waals surface area (Å²) in [7, 11) is -1.60. The lowest BCUT2D eigenvalue weighted by molar-refractivity contribution is 0.0931. The quantitative estimate of drug-likeness (QED) is 0.0303. The van der Waals surface area contributed by atoms with E-state index in [1.165, 1.54) is 104 Å². The zero-order valence-corrected chi connectivity index (χ0v) is 64.5. The van der Waals surface area contributed by atoms with E-state index in [0.717, 1.165) is 65.1 Å². The van der Waals surface area contributed by atoms with Gasteiger partial charge < -0.3 is 30.0 Å². The number of pyridine rings is 3. The SMILES string of the molecule is CCN(CC(=O)c1ccc(C)s1)Cc1ccncc1.Cc1ccc(C(=O)CN(CCO)c2ccncn2)s1.Cc1ccc(C(=O)CNc2ncncn2)s1.Cc1ccc(C(=O)CS(=O)(=O)c2ccncc2)o1.Cc1ccc(C(=S)CN(C)c2ccncc2)s1.Cc1cnc(C(=O)CNc2ccnnc2)s1. The van der Waals surface area contributed by atoms with Crippen molar-refractivity contribution in [3.8, 4) is 0 Å². The number of nitrogens with zero attached hydrogens (tertiary/aromatic N) is 14. The van der Waals surface area contributed by atoms with E-state index in [4.69, 9.17) is 21.7 Å². The van der Waals surface area contributed by atoms with Crippen molar-refractivity contribution in [1.82, 2.24) is 60.0 Å². The monoisotopic (exact) mass is 1550 g/mol. The first-order chi connectivity index (χ1) is 50.5. The zero-order valence-electron chi connectivity index (χ0n) is 58.8. The normalized spacial score (nSPS) is 10.5. The van der Waals surface area contributed by atoms with Gasteiger partial charge in [0, 0.05) is 105 Å². The van der Waals surface area contributed by atoms with Gasteiger partial charge >= 0.3 is 0 Å². The van der Waals surface area contributed by atoms with Gasteiger partial charge in [0.15, 0.2) is 38.0 Å². The van der Waals surface area contributed by atoms with E-state index in [9.17, 15) is 32.4 Å². The highest BCUT2D eigenvalue weighted by Crippen LogP contribution is 2.22. The first kappa shape index (κ1) is 82.1. The molecule has 0 aliphatic rings. The number of thiazole rings is 1. The Morgan fingerprint density at radius 3 is 1.59 bits per heavy atom. The predicted molar refractivity (Wildman–Crippen MR) is 419 cm³/mol. The Morgan fingerprint density at radius 1 is 0.524 bits per heavy atom. The topological polar surface area (TPSA) is 328 Å². The molecule has 12 rings (SSSR count). The van der Waals surface area contributed by atoms with Crippen molar-refractivity contribution in [2.24, 2.45) is 0 Å². The molecule has 0 aliphatic heterocycles. The van der Waals surface area contributed by atoms with Crippen LogP contribution in [0.3, 0.4) is 0 Å². The fourth-order valence-electron chi connectivity index (χ4n) is 8.92. The molecule has 0 aliphatic carbocycles. The third-order valence-electron chi connectivity index (χ3n) is 14.3. The van der Waals surface area contributed by atoms with Crippen LogP contribution in [0.4, 0.5) is 23.1 Å². The van der Waals surface area contributed by atoms with Gasteiger partial charge in [0.05, 0.1) is 81.8 Å². The lowest BCUT2D eigenvalue weighted by Gasteiger charge is -2.21. The highest BCUT2D eigenvalue weighted by Gasteiger charge is 2.23. The van der Waals surface area contributed by atoms with Gasteiger partial charge in [-0.2, -0.15) is 10.2 Å². The number of aryl methyl sites for hydroxylation is 6. The van der Waals surface area contributed by atoms with Crippen LogP contribution in [0, 0.1) is 41.5 Å². The van der Waals surface area contributed by atoms with E-state index in [1.807, 2.05) is 95.4 Å². The Hall–Kier alpha value is -10.2. The van der Waals surface area contributed by atoms with Gasteiger partial charge in [0.25, 0.3) is 0 Å². The van der Waals surface area contributed by atoms with Crippen LogP contribution in [0.5, 0.6) is 0 Å². The number of carbonyl (C=O) groups excluding carboxylic acids is 5. The van der Waals surface area contributed by atoms with Gasteiger partial charge in [-0.3, -0.25) is 43.8 Å². The van der Waals surface area contributed by atoms with Crippen molar-refractivity contribution < 1.29 is 41.9 Å². The average Bonchev–Trinajstić information content (AvgIpc) is 1.74. The van der Waals surface area contributed by atoms with Crippen LogP contribution >= 0.6 is 68.9 Å². The van der Waals surface area contributed by atoms with E-state index < -0.39 is 21.4 Å². The molecule has 105 heavy (non-hydrogen) atoms. The summed E-state index contributed by atoms with van der Waals surface area (Å²) in [6.45, 7) is 17.6. The molecule has 0 spiro atoms. The van der Waals surface area contributed by atoms with E-state index in [2.05, 4.69) is 101 Å². The van der Waals surface area contributed by atoms with Crippen LogP contribution in [-0.4, -0.2) is 172 Å². The Labute approximate surface area is 634 Å². The number of anilines is 4. The minimum Gasteiger partial charge on any atom is -0.458 e. The molecule has 0 amide bonds. The molecule has 12 aromatic rings. The van der Waals surface area contributed by atoms with E-state index >= 15 is 0 Å². The van der Waals surface area contributed by atoms with Crippen LogP contribution in [0.15, 0.2) is 199 Å². The Balaban J connectivity index is 0.000000176. The fraction of sp³-hybridized carbons (Fsp3) is 0.247. The summed E-state index contributed by atoms with van der Waals surface area (Å²) in [6.07, 6.45) is 20.6. The van der Waals surface area contributed by atoms with Crippen molar-refractivity contribution in [1.29, 1.82) is 0 Å². The number of carbonyl (C=O) groups is 5. The number of thiocarbonyl (C=S) groups is 1. The van der Waals surface area contributed by atoms with Crippen LogP contribution in [0.2, 0.25) is 0 Å². The van der Waals surface area contributed by atoms with Gasteiger partial charge in [-0.05, 0) is 163 Å². The summed E-state index contributed by atoms with van der Waals surface area (Å²) >= 11 is 13.2. The molecule has 12 aromatic heterocycles. The van der Waals surface area contributed by atoms with Crippen molar-refractivity contribution in [2.45, 2.75) is 59.9 Å². The standard InChI is InChI=1S/C15H18N2OS.C13H15N3O2S.C13H14N2S2.C12H11NO4S.2C10H10N4OS/c1-3-17(10-13-6-8-16-9-7-13)11-14(18)15-5-4-12(2)19-15;1-10-2-3-12(19-10)11(18)8-16(6-7-17)13-4-5-14-9-15-13;1-10-3-4-13(17-10)12(16)9-15(2)11-5-7-14-8-6-11;1-9-2-3-12(17-9)11(14)8-18(15,16)10-4-6-13-7-5-10;1-7-4-12-10(16-7)9(15)6-11-8-2-3-13-14-5-8;1-7-2-3-9(16-7)8(15)4-12-10-13-5-11-6-14-10/h4-9H,3,10-11H2,1-2H3;2-5,9,17H,6-8H2,1H3;3-8H,9H2,1-2H3;2-7H,8H2,1H3;2-5H,6H2,1H3,(H,11,13);2-3,5-6H,4H2,1H3,(H,11,12,13,14). The minimum absolute atomic E-state index is 0.0186. The first-order valence-electron chi connectivity index (χ1n) is 32.3. The molecule has 12 heterocycles. The zero-order chi connectivity index (χ0) is 75.5. The molecule has 0 atom stereocenters. The van der Waals surface area contributed by atoms with Crippen molar-refractivity contribution in [3.63, 3.8) is 0 Å². The maximum Gasteiger partial charge on any atom is 0.226 e. The lowest BCUT2D eigenvalue weighted by Crippen LogP contribution is -2.32. The summed E-state index contributed by atoms with van der Waals surface area (Å²) in [6, 6.07) is 32.9. The molecule has 32 heteroatoms. The number of ketones is 5. The predicted octanol–water partition coefficient (Wildman–Crippen LogP) is 12.7. The third kappa shape index (κ3) is 28.8. The van der Waals surface area contributed by atoms with Gasteiger partial charge in [0.1, 0.15) is 36.3 Å². The Kier molecular flexibility index (Phi) is 33.8. The van der Waals surface area contributed by atoms with Gasteiger partial charge in [-0.15, -0.1) is 56.7 Å². The van der Waals surface area contributed by atoms with Crippen LogP contribution in [-0.2, 0) is 16.4 Å². The molecule has 0 saturated heterocycles.